The molecule has 8 heteroatoms. The first-order valence-corrected chi connectivity index (χ1v) is 8.51. The Balaban J connectivity index is 2.55. The van der Waals surface area contributed by atoms with E-state index in [1.165, 1.54) is 11.0 Å². The Morgan fingerprint density at radius 3 is 2.52 bits per heavy atom. The first kappa shape index (κ1) is 20.4. The van der Waals surface area contributed by atoms with Gasteiger partial charge in [-0.1, -0.05) is 26.0 Å². The lowest BCUT2D eigenvalue weighted by Crippen LogP contribution is -2.41. The lowest BCUT2D eigenvalue weighted by atomic mass is 10.2. The van der Waals surface area contributed by atoms with Gasteiger partial charge in [-0.2, -0.15) is 0 Å². The molecule has 138 valence electrons. The van der Waals surface area contributed by atoms with Gasteiger partial charge in [0.05, 0.1) is 11.5 Å². The van der Waals surface area contributed by atoms with E-state index in [1.54, 1.807) is 18.2 Å². The Bertz CT molecular complexity index is 592. The van der Waals surface area contributed by atoms with Crippen LogP contribution in [0.2, 0.25) is 0 Å². The maximum Gasteiger partial charge on any atom is 0.292 e. The molecule has 0 aromatic heterocycles. The number of amides is 2. The molecule has 0 spiro atoms. The third-order valence-electron chi connectivity index (χ3n) is 3.51. The van der Waals surface area contributed by atoms with Crippen LogP contribution in [0.3, 0.4) is 0 Å². The van der Waals surface area contributed by atoms with E-state index >= 15 is 0 Å². The smallest absolute Gasteiger partial charge is 0.292 e. The molecule has 0 saturated carbocycles. The van der Waals surface area contributed by atoms with Crippen molar-refractivity contribution >= 4 is 23.2 Å². The quantitative estimate of drug-likeness (QED) is 0.470. The van der Waals surface area contributed by atoms with Gasteiger partial charge in [-0.3, -0.25) is 19.7 Å². The average Bonchev–Trinajstić information content (AvgIpc) is 2.59. The number of hydrogen-bond acceptors (Lipinski definition) is 5. The molecule has 0 saturated heterocycles. The maximum atomic E-state index is 12.3. The summed E-state index contributed by atoms with van der Waals surface area (Å²) in [5.41, 5.74) is 0.349. The zero-order valence-electron chi connectivity index (χ0n) is 14.8. The highest BCUT2D eigenvalue weighted by molar-refractivity contribution is 5.85. The fraction of sp³-hybridized carbons (Fsp3) is 0.529. The van der Waals surface area contributed by atoms with Crippen molar-refractivity contribution in [3.8, 4) is 0 Å². The van der Waals surface area contributed by atoms with Gasteiger partial charge in [-0.25, -0.2) is 0 Å². The Hall–Kier alpha value is -2.64. The van der Waals surface area contributed by atoms with Gasteiger partial charge in [0.25, 0.3) is 5.69 Å². The standard InChI is InChI=1S/C17H26N4O4/c1-3-10-19-16(22)13-20(12-4-2)17(23)9-11-18-14-7-5-6-8-15(14)21(24)25/h5-8,18H,3-4,9-13H2,1-2H3,(H,19,22). The molecule has 0 aliphatic rings. The summed E-state index contributed by atoms with van der Waals surface area (Å²) >= 11 is 0. The molecule has 1 aromatic rings. The summed E-state index contributed by atoms with van der Waals surface area (Å²) in [5, 5.41) is 16.6. The van der Waals surface area contributed by atoms with Gasteiger partial charge in [0.1, 0.15) is 5.69 Å². The molecule has 1 aromatic carbocycles. The van der Waals surface area contributed by atoms with Crippen molar-refractivity contribution < 1.29 is 14.5 Å². The molecular formula is C17H26N4O4. The molecule has 0 aliphatic carbocycles. The highest BCUT2D eigenvalue weighted by atomic mass is 16.6. The molecule has 0 heterocycles. The second kappa shape index (κ2) is 11.0. The Labute approximate surface area is 147 Å². The summed E-state index contributed by atoms with van der Waals surface area (Å²) in [7, 11) is 0. The second-order valence-electron chi connectivity index (χ2n) is 5.62. The number of carbonyl (C=O) groups excluding carboxylic acids is 2. The molecule has 2 amide bonds. The number of nitrogens with one attached hydrogen (secondary N) is 2. The van der Waals surface area contributed by atoms with Crippen LogP contribution < -0.4 is 10.6 Å². The van der Waals surface area contributed by atoms with Gasteiger partial charge < -0.3 is 15.5 Å². The van der Waals surface area contributed by atoms with Crippen LogP contribution >= 0.6 is 0 Å². The Morgan fingerprint density at radius 2 is 1.88 bits per heavy atom. The topological polar surface area (TPSA) is 105 Å². The molecule has 0 radical (unpaired) electrons. The van der Waals surface area contributed by atoms with E-state index in [1.807, 2.05) is 13.8 Å². The summed E-state index contributed by atoms with van der Waals surface area (Å²) in [6, 6.07) is 6.29. The Morgan fingerprint density at radius 1 is 1.16 bits per heavy atom. The van der Waals surface area contributed by atoms with Crippen LogP contribution in [0.15, 0.2) is 24.3 Å². The second-order valence-corrected chi connectivity index (χ2v) is 5.62. The highest BCUT2D eigenvalue weighted by Gasteiger charge is 2.17. The lowest BCUT2D eigenvalue weighted by Gasteiger charge is -2.21. The highest BCUT2D eigenvalue weighted by Crippen LogP contribution is 2.22. The monoisotopic (exact) mass is 350 g/mol. The molecule has 0 atom stereocenters. The normalized spacial score (nSPS) is 10.2. The lowest BCUT2D eigenvalue weighted by molar-refractivity contribution is -0.384. The SMILES string of the molecule is CCCNC(=O)CN(CCC)C(=O)CCNc1ccccc1[N+](=O)[O-]. The molecule has 0 aliphatic heterocycles. The number of nitro benzene ring substituents is 1. The van der Waals surface area contributed by atoms with Crippen LogP contribution in [0, 0.1) is 10.1 Å². The molecular weight excluding hydrogens is 324 g/mol. The van der Waals surface area contributed by atoms with Crippen molar-refractivity contribution in [3.63, 3.8) is 0 Å². The van der Waals surface area contributed by atoms with Gasteiger partial charge in [-0.15, -0.1) is 0 Å². The van der Waals surface area contributed by atoms with Gasteiger partial charge in [0, 0.05) is 32.1 Å². The average molecular weight is 350 g/mol. The molecule has 0 fully saturated rings. The fourth-order valence-electron chi connectivity index (χ4n) is 2.30. The van der Waals surface area contributed by atoms with Gasteiger partial charge in [-0.05, 0) is 18.9 Å². The van der Waals surface area contributed by atoms with Crippen LogP contribution in [0.5, 0.6) is 0 Å². The van der Waals surface area contributed by atoms with Crippen LogP contribution in [0.4, 0.5) is 11.4 Å². The third kappa shape index (κ3) is 7.19. The van der Waals surface area contributed by atoms with Crippen molar-refractivity contribution in [2.75, 3.05) is 31.5 Å². The number of hydrogen-bond donors (Lipinski definition) is 2. The molecule has 0 bridgehead atoms. The molecule has 8 nitrogen and oxygen atoms in total. The largest absolute Gasteiger partial charge is 0.379 e. The summed E-state index contributed by atoms with van der Waals surface area (Å²) in [6.07, 6.45) is 1.75. The number of benzene rings is 1. The van der Waals surface area contributed by atoms with E-state index in [0.29, 0.717) is 18.8 Å². The molecule has 2 N–H and O–H groups in total. The van der Waals surface area contributed by atoms with E-state index in [4.69, 9.17) is 0 Å². The third-order valence-corrected chi connectivity index (χ3v) is 3.51. The zero-order valence-corrected chi connectivity index (χ0v) is 14.8. The zero-order chi connectivity index (χ0) is 18.7. The number of para-hydroxylation sites is 2. The number of anilines is 1. The number of nitro groups is 1. The molecule has 0 unspecified atom stereocenters. The van der Waals surface area contributed by atoms with E-state index in [-0.39, 0.29) is 37.0 Å². The predicted octanol–water partition coefficient (Wildman–Crippen LogP) is 2.16. The fourth-order valence-corrected chi connectivity index (χ4v) is 2.30. The number of rotatable bonds is 11. The van der Waals surface area contributed by atoms with Crippen LogP contribution in [0.25, 0.3) is 0 Å². The maximum absolute atomic E-state index is 12.3. The summed E-state index contributed by atoms with van der Waals surface area (Å²) in [4.78, 5) is 36.2. The van der Waals surface area contributed by atoms with Crippen molar-refractivity contribution in [1.29, 1.82) is 0 Å². The van der Waals surface area contributed by atoms with Gasteiger partial charge in [0.2, 0.25) is 11.8 Å². The predicted molar refractivity (Wildman–Crippen MR) is 96.4 cm³/mol. The van der Waals surface area contributed by atoms with E-state index in [2.05, 4.69) is 10.6 Å². The molecule has 1 rings (SSSR count). The number of carbonyl (C=O) groups is 2. The summed E-state index contributed by atoms with van der Waals surface area (Å²) in [6.45, 7) is 5.30. The van der Waals surface area contributed by atoms with Crippen LogP contribution in [-0.2, 0) is 9.59 Å². The van der Waals surface area contributed by atoms with Crippen molar-refractivity contribution in [3.05, 3.63) is 34.4 Å². The van der Waals surface area contributed by atoms with Gasteiger partial charge >= 0.3 is 0 Å². The minimum Gasteiger partial charge on any atom is -0.379 e. The Kier molecular flexibility index (Phi) is 8.99. The van der Waals surface area contributed by atoms with Crippen molar-refractivity contribution in [1.82, 2.24) is 10.2 Å². The van der Waals surface area contributed by atoms with Crippen LogP contribution in [0.1, 0.15) is 33.1 Å². The van der Waals surface area contributed by atoms with E-state index in [9.17, 15) is 19.7 Å². The van der Waals surface area contributed by atoms with Crippen LogP contribution in [-0.4, -0.2) is 47.8 Å². The minimum atomic E-state index is -0.467. The van der Waals surface area contributed by atoms with Crippen molar-refractivity contribution in [2.45, 2.75) is 33.1 Å². The van der Waals surface area contributed by atoms with E-state index < -0.39 is 4.92 Å². The minimum absolute atomic E-state index is 0.0284. The first-order valence-electron chi connectivity index (χ1n) is 8.51. The number of nitrogens with zero attached hydrogens (tertiary/aromatic N) is 2. The first-order chi connectivity index (χ1) is 12.0. The molecule has 25 heavy (non-hydrogen) atoms. The van der Waals surface area contributed by atoms with Crippen molar-refractivity contribution in [2.24, 2.45) is 0 Å². The van der Waals surface area contributed by atoms with E-state index in [0.717, 1.165) is 12.8 Å². The summed E-state index contributed by atoms with van der Waals surface area (Å²) in [5.74, 6) is -0.324. The summed E-state index contributed by atoms with van der Waals surface area (Å²) < 4.78 is 0. The van der Waals surface area contributed by atoms with Gasteiger partial charge in [0.15, 0.2) is 0 Å².